The summed E-state index contributed by atoms with van der Waals surface area (Å²) in [4.78, 5) is 5.16. The fourth-order valence-corrected chi connectivity index (χ4v) is 9.77. The normalized spacial score (nSPS) is 13.3. The van der Waals surface area contributed by atoms with Crippen LogP contribution in [0.15, 0.2) is 194 Å². The average molecular weight is 685 g/mol. The lowest BCUT2D eigenvalue weighted by Gasteiger charge is -2.31. The molecule has 1 heterocycles. The van der Waals surface area contributed by atoms with E-state index in [0.29, 0.717) is 0 Å². The van der Waals surface area contributed by atoms with Gasteiger partial charge in [-0.2, -0.15) is 0 Å². The second-order valence-electron chi connectivity index (χ2n) is 14.7. The quantitative estimate of drug-likeness (QED) is 0.181. The molecule has 54 heavy (non-hydrogen) atoms. The first-order valence-corrected chi connectivity index (χ1v) is 18.7. The van der Waals surface area contributed by atoms with Crippen molar-refractivity contribution < 1.29 is 0 Å². The number of hydrogen-bond donors (Lipinski definition) is 0. The fraction of sp³-hybridized carbons (Fsp3) is 0.0192. The Balaban J connectivity index is 1.13. The van der Waals surface area contributed by atoms with Crippen molar-refractivity contribution in [3.8, 4) is 50.5 Å². The SMILES string of the molecule is c1ccc(-n2c(-c3ccc(-c4cc5c(c6ccccc46)-c4cc6ccccc6cc4C54c5ccccc5-c5ccccc54)cc3)nc3ccccc32)cc1. The number of nitrogens with zero attached hydrogens (tertiary/aromatic N) is 2. The smallest absolute Gasteiger partial charge is 0.145 e. The summed E-state index contributed by atoms with van der Waals surface area (Å²) in [5, 5.41) is 5.09. The number of para-hydroxylation sites is 3. The summed E-state index contributed by atoms with van der Waals surface area (Å²) in [7, 11) is 0. The van der Waals surface area contributed by atoms with Crippen LogP contribution in [0.4, 0.5) is 0 Å². The van der Waals surface area contributed by atoms with Crippen molar-refractivity contribution in [2.45, 2.75) is 5.41 Å². The molecular formula is C52H32N2. The van der Waals surface area contributed by atoms with E-state index in [2.05, 4.69) is 199 Å². The van der Waals surface area contributed by atoms with E-state index in [-0.39, 0.29) is 0 Å². The van der Waals surface area contributed by atoms with Gasteiger partial charge in [0.2, 0.25) is 0 Å². The monoisotopic (exact) mass is 684 g/mol. The minimum atomic E-state index is -0.443. The van der Waals surface area contributed by atoms with Crippen LogP contribution in [0.3, 0.4) is 0 Å². The molecule has 2 heteroatoms. The summed E-state index contributed by atoms with van der Waals surface area (Å²) in [5.74, 6) is 0.938. The maximum atomic E-state index is 5.16. The summed E-state index contributed by atoms with van der Waals surface area (Å²) >= 11 is 0. The zero-order valence-electron chi connectivity index (χ0n) is 29.4. The van der Waals surface area contributed by atoms with Crippen molar-refractivity contribution in [2.24, 2.45) is 0 Å². The van der Waals surface area contributed by atoms with E-state index in [0.717, 1.165) is 28.1 Å². The van der Waals surface area contributed by atoms with E-state index in [1.54, 1.807) is 0 Å². The van der Waals surface area contributed by atoms with E-state index in [1.807, 2.05) is 0 Å². The summed E-state index contributed by atoms with van der Waals surface area (Å²) in [6, 6.07) is 71.5. The molecule has 2 nitrogen and oxygen atoms in total. The second-order valence-corrected chi connectivity index (χ2v) is 14.7. The molecule has 10 aromatic rings. The van der Waals surface area contributed by atoms with Crippen LogP contribution in [0.25, 0.3) is 83.0 Å². The van der Waals surface area contributed by atoms with Crippen molar-refractivity contribution in [1.82, 2.24) is 9.55 Å². The summed E-state index contributed by atoms with van der Waals surface area (Å²) < 4.78 is 2.27. The van der Waals surface area contributed by atoms with Crippen molar-refractivity contribution >= 4 is 32.6 Å². The maximum absolute atomic E-state index is 5.16. The van der Waals surface area contributed by atoms with Gasteiger partial charge in [-0.05, 0) is 120 Å². The van der Waals surface area contributed by atoms with Gasteiger partial charge in [-0.15, -0.1) is 0 Å². The summed E-state index contributed by atoms with van der Waals surface area (Å²) in [5.41, 5.74) is 17.0. The summed E-state index contributed by atoms with van der Waals surface area (Å²) in [6.45, 7) is 0. The molecule has 250 valence electrons. The van der Waals surface area contributed by atoms with E-state index in [1.165, 1.54) is 77.2 Å². The van der Waals surface area contributed by atoms with Crippen LogP contribution in [0.2, 0.25) is 0 Å². The highest BCUT2D eigenvalue weighted by molar-refractivity contribution is 6.12. The first-order chi connectivity index (χ1) is 26.8. The van der Waals surface area contributed by atoms with E-state index in [9.17, 15) is 0 Å². The number of hydrogen-bond acceptors (Lipinski definition) is 1. The first kappa shape index (κ1) is 29.5. The van der Waals surface area contributed by atoms with Crippen LogP contribution >= 0.6 is 0 Å². The van der Waals surface area contributed by atoms with Gasteiger partial charge in [-0.1, -0.05) is 152 Å². The molecule has 0 radical (unpaired) electrons. The Labute approximate surface area is 313 Å². The lowest BCUT2D eigenvalue weighted by molar-refractivity contribution is 0.796. The Morgan fingerprint density at radius 3 is 1.74 bits per heavy atom. The van der Waals surface area contributed by atoms with Gasteiger partial charge in [0, 0.05) is 11.3 Å². The Hall–Kier alpha value is -7.03. The molecule has 0 aliphatic heterocycles. The Morgan fingerprint density at radius 2 is 0.981 bits per heavy atom. The number of benzene rings is 9. The van der Waals surface area contributed by atoms with Crippen molar-refractivity contribution in [2.75, 3.05) is 0 Å². The van der Waals surface area contributed by atoms with Crippen LogP contribution in [0.5, 0.6) is 0 Å². The van der Waals surface area contributed by atoms with Gasteiger partial charge in [-0.3, -0.25) is 4.57 Å². The predicted molar refractivity (Wildman–Crippen MR) is 223 cm³/mol. The topological polar surface area (TPSA) is 17.8 Å². The zero-order valence-corrected chi connectivity index (χ0v) is 29.4. The van der Waals surface area contributed by atoms with Gasteiger partial charge in [0.1, 0.15) is 5.82 Å². The Morgan fingerprint density at radius 1 is 0.389 bits per heavy atom. The molecule has 0 unspecified atom stereocenters. The molecule has 1 spiro atoms. The molecule has 1 aromatic heterocycles. The Bertz CT molecular complexity index is 3100. The largest absolute Gasteiger partial charge is 0.292 e. The third-order valence-corrected chi connectivity index (χ3v) is 12.0. The number of fused-ring (bicyclic) bond motifs is 14. The van der Waals surface area contributed by atoms with Gasteiger partial charge in [0.05, 0.1) is 16.4 Å². The van der Waals surface area contributed by atoms with Gasteiger partial charge < -0.3 is 0 Å². The minimum Gasteiger partial charge on any atom is -0.292 e. The van der Waals surface area contributed by atoms with Crippen molar-refractivity contribution in [1.29, 1.82) is 0 Å². The van der Waals surface area contributed by atoms with Gasteiger partial charge >= 0.3 is 0 Å². The number of rotatable bonds is 3. The molecule has 0 N–H and O–H groups in total. The lowest BCUT2D eigenvalue weighted by atomic mass is 9.69. The molecular weight excluding hydrogens is 653 g/mol. The molecule has 0 bridgehead atoms. The van der Waals surface area contributed by atoms with Crippen molar-refractivity contribution in [3.05, 3.63) is 216 Å². The molecule has 0 atom stereocenters. The number of aromatic nitrogens is 2. The maximum Gasteiger partial charge on any atom is 0.145 e. The predicted octanol–water partition coefficient (Wildman–Crippen LogP) is 13.0. The van der Waals surface area contributed by atoms with Gasteiger partial charge in [0.15, 0.2) is 0 Å². The third kappa shape index (κ3) is 3.87. The standard InChI is InChI=1S/C52H32N2/c1-2-16-37(17-3-1)54-49-25-13-12-24-48(49)53-51(54)34-28-26-33(27-29-34)42-32-47-50(41-21-7-6-18-38(41)42)43-30-35-14-4-5-15-36(35)31-46(43)52(47)44-22-10-8-19-39(44)40-20-9-11-23-45(40)52/h1-32H. The Kier molecular flexibility index (Phi) is 6.01. The molecule has 2 aliphatic rings. The van der Waals surface area contributed by atoms with Gasteiger partial charge in [-0.25, -0.2) is 4.98 Å². The van der Waals surface area contributed by atoms with E-state index < -0.39 is 5.41 Å². The van der Waals surface area contributed by atoms with Crippen LogP contribution in [-0.2, 0) is 5.41 Å². The molecule has 0 saturated heterocycles. The summed E-state index contributed by atoms with van der Waals surface area (Å²) in [6.07, 6.45) is 0. The number of imidazole rings is 1. The average Bonchev–Trinajstić information content (AvgIpc) is 3.87. The van der Waals surface area contributed by atoms with E-state index >= 15 is 0 Å². The molecule has 12 rings (SSSR count). The third-order valence-electron chi connectivity index (χ3n) is 12.0. The lowest BCUT2D eigenvalue weighted by Crippen LogP contribution is -2.26. The van der Waals surface area contributed by atoms with Crippen LogP contribution in [0.1, 0.15) is 22.3 Å². The molecule has 9 aromatic carbocycles. The van der Waals surface area contributed by atoms with Gasteiger partial charge in [0.25, 0.3) is 0 Å². The molecule has 0 amide bonds. The highest BCUT2D eigenvalue weighted by Crippen LogP contribution is 2.64. The highest BCUT2D eigenvalue weighted by atomic mass is 15.1. The second kappa shape index (κ2) is 11.0. The van der Waals surface area contributed by atoms with E-state index in [4.69, 9.17) is 4.98 Å². The van der Waals surface area contributed by atoms with Crippen LogP contribution < -0.4 is 0 Å². The molecule has 0 saturated carbocycles. The minimum absolute atomic E-state index is 0.443. The highest BCUT2D eigenvalue weighted by Gasteiger charge is 2.52. The first-order valence-electron chi connectivity index (χ1n) is 18.7. The molecule has 0 fully saturated rings. The zero-order chi connectivity index (χ0) is 35.4. The van der Waals surface area contributed by atoms with Crippen LogP contribution in [0, 0.1) is 0 Å². The van der Waals surface area contributed by atoms with Crippen LogP contribution in [-0.4, -0.2) is 9.55 Å². The van der Waals surface area contributed by atoms with Crippen molar-refractivity contribution in [3.63, 3.8) is 0 Å². The molecule has 2 aliphatic carbocycles. The fourth-order valence-electron chi connectivity index (χ4n) is 9.77.